The summed E-state index contributed by atoms with van der Waals surface area (Å²) in [6, 6.07) is -0.574. The Kier molecular flexibility index (Phi) is 6.03. The minimum absolute atomic E-state index is 0.177. The van der Waals surface area contributed by atoms with E-state index in [9.17, 15) is 9.59 Å². The monoisotopic (exact) mass is 230 g/mol. The van der Waals surface area contributed by atoms with Gasteiger partial charge in [0.2, 0.25) is 5.91 Å². The number of nitrogens with one attached hydrogen (secondary N) is 1. The Hall–Kier alpha value is -1.10. The first-order valence-corrected chi connectivity index (χ1v) is 5.48. The molecule has 0 aliphatic heterocycles. The third kappa shape index (κ3) is 5.70. The van der Waals surface area contributed by atoms with Crippen LogP contribution >= 0.6 is 0 Å². The summed E-state index contributed by atoms with van der Waals surface area (Å²) in [4.78, 5) is 22.5. The van der Waals surface area contributed by atoms with Gasteiger partial charge >= 0.3 is 5.97 Å². The average molecular weight is 230 g/mol. The molecule has 0 fully saturated rings. The first kappa shape index (κ1) is 14.9. The molecule has 5 nitrogen and oxygen atoms in total. The van der Waals surface area contributed by atoms with Gasteiger partial charge in [0, 0.05) is 6.54 Å². The lowest BCUT2D eigenvalue weighted by atomic mass is 9.87. The fourth-order valence-corrected chi connectivity index (χ4v) is 1.02. The van der Waals surface area contributed by atoms with E-state index in [4.69, 9.17) is 10.5 Å². The molecule has 0 aromatic rings. The molecule has 0 aromatic heterocycles. The van der Waals surface area contributed by atoms with E-state index in [1.54, 1.807) is 6.92 Å². The zero-order valence-corrected chi connectivity index (χ0v) is 10.5. The number of nitrogens with two attached hydrogens (primary N) is 1. The number of rotatable bonds is 5. The number of carbonyl (C=O) groups excluding carboxylic acids is 2. The van der Waals surface area contributed by atoms with Crippen molar-refractivity contribution in [2.45, 2.75) is 40.2 Å². The van der Waals surface area contributed by atoms with E-state index in [2.05, 4.69) is 5.32 Å². The standard InChI is InChI=1S/C11H22N2O3/c1-5-16-8(14)6-7-13-10(15)9(12)11(2,3)4/h9H,5-7,12H2,1-4H3,(H,13,15)/t9-/m1/s1. The summed E-state index contributed by atoms with van der Waals surface area (Å²) in [6.45, 7) is 8.04. The second-order valence-electron chi connectivity index (χ2n) is 4.69. The van der Waals surface area contributed by atoms with Crippen LogP contribution in [0.4, 0.5) is 0 Å². The zero-order chi connectivity index (χ0) is 12.8. The van der Waals surface area contributed by atoms with Crippen LogP contribution in [0.3, 0.4) is 0 Å². The van der Waals surface area contributed by atoms with E-state index in [1.165, 1.54) is 0 Å². The van der Waals surface area contributed by atoms with Crippen molar-refractivity contribution in [1.29, 1.82) is 0 Å². The van der Waals surface area contributed by atoms with E-state index in [-0.39, 0.29) is 30.3 Å². The van der Waals surface area contributed by atoms with Crippen molar-refractivity contribution < 1.29 is 14.3 Å². The Labute approximate surface area is 96.7 Å². The Bertz CT molecular complexity index is 246. The third-order valence-electron chi connectivity index (χ3n) is 2.15. The minimum atomic E-state index is -0.574. The van der Waals surface area contributed by atoms with Crippen molar-refractivity contribution in [3.8, 4) is 0 Å². The molecule has 1 atom stereocenters. The molecule has 3 N–H and O–H groups in total. The van der Waals surface area contributed by atoms with Crippen LogP contribution in [0, 0.1) is 5.41 Å². The Morgan fingerprint density at radius 3 is 2.38 bits per heavy atom. The molecule has 0 saturated heterocycles. The van der Waals surface area contributed by atoms with Gasteiger partial charge in [-0.2, -0.15) is 0 Å². The molecule has 0 spiro atoms. The average Bonchev–Trinajstić information content (AvgIpc) is 2.15. The van der Waals surface area contributed by atoms with E-state index in [0.717, 1.165) is 0 Å². The van der Waals surface area contributed by atoms with E-state index >= 15 is 0 Å². The summed E-state index contributed by atoms with van der Waals surface area (Å²) in [5.74, 6) is -0.552. The van der Waals surface area contributed by atoms with Crippen LogP contribution in [-0.2, 0) is 14.3 Å². The van der Waals surface area contributed by atoms with Crippen LogP contribution in [0.5, 0.6) is 0 Å². The molecule has 0 aromatic carbocycles. The largest absolute Gasteiger partial charge is 0.466 e. The van der Waals surface area contributed by atoms with Crippen molar-refractivity contribution >= 4 is 11.9 Å². The second kappa shape index (κ2) is 6.48. The van der Waals surface area contributed by atoms with Crippen molar-refractivity contribution in [3.05, 3.63) is 0 Å². The molecule has 94 valence electrons. The summed E-state index contributed by atoms with van der Waals surface area (Å²) in [7, 11) is 0. The second-order valence-corrected chi connectivity index (χ2v) is 4.69. The van der Waals surface area contributed by atoms with Crippen molar-refractivity contribution in [3.63, 3.8) is 0 Å². The molecule has 1 amide bonds. The molecule has 0 rings (SSSR count). The van der Waals surface area contributed by atoms with Crippen LogP contribution in [0.1, 0.15) is 34.1 Å². The van der Waals surface area contributed by atoms with Gasteiger partial charge in [-0.25, -0.2) is 0 Å². The third-order valence-corrected chi connectivity index (χ3v) is 2.15. The first-order chi connectivity index (χ1) is 7.29. The van der Waals surface area contributed by atoms with Crippen molar-refractivity contribution in [2.24, 2.45) is 11.1 Å². The molecule has 16 heavy (non-hydrogen) atoms. The smallest absolute Gasteiger partial charge is 0.307 e. The van der Waals surface area contributed by atoms with Gasteiger partial charge in [-0.15, -0.1) is 0 Å². The molecular formula is C11H22N2O3. The lowest BCUT2D eigenvalue weighted by Gasteiger charge is -2.25. The van der Waals surface area contributed by atoms with Crippen molar-refractivity contribution in [2.75, 3.05) is 13.2 Å². The highest BCUT2D eigenvalue weighted by Crippen LogP contribution is 2.16. The molecule has 5 heteroatoms. The molecule has 0 aliphatic carbocycles. The summed E-state index contributed by atoms with van der Waals surface area (Å²) >= 11 is 0. The predicted molar refractivity (Wildman–Crippen MR) is 61.7 cm³/mol. The van der Waals surface area contributed by atoms with Gasteiger partial charge in [0.05, 0.1) is 19.1 Å². The molecule has 0 bridgehead atoms. The van der Waals surface area contributed by atoms with E-state index in [0.29, 0.717) is 6.61 Å². The molecule has 0 unspecified atom stereocenters. The summed E-state index contributed by atoms with van der Waals surface area (Å²) in [5, 5.41) is 2.61. The Balaban J connectivity index is 3.87. The summed E-state index contributed by atoms with van der Waals surface area (Å²) in [5.41, 5.74) is 5.46. The lowest BCUT2D eigenvalue weighted by molar-refractivity contribution is -0.143. The van der Waals surface area contributed by atoms with E-state index in [1.807, 2.05) is 20.8 Å². The number of amides is 1. The summed E-state index contributed by atoms with van der Waals surface area (Å²) < 4.78 is 4.73. The maximum atomic E-state index is 11.5. The van der Waals surface area contributed by atoms with E-state index < -0.39 is 6.04 Å². The van der Waals surface area contributed by atoms with Gasteiger partial charge in [0.25, 0.3) is 0 Å². The highest BCUT2D eigenvalue weighted by molar-refractivity contribution is 5.82. The van der Waals surface area contributed by atoms with Crippen LogP contribution in [-0.4, -0.2) is 31.1 Å². The first-order valence-electron chi connectivity index (χ1n) is 5.48. The fraction of sp³-hybridized carbons (Fsp3) is 0.818. The molecule has 0 heterocycles. The topological polar surface area (TPSA) is 81.4 Å². The number of carbonyl (C=O) groups is 2. The summed E-state index contributed by atoms with van der Waals surface area (Å²) in [6.07, 6.45) is 0.177. The Morgan fingerprint density at radius 1 is 1.38 bits per heavy atom. The molecular weight excluding hydrogens is 208 g/mol. The highest BCUT2D eigenvalue weighted by Gasteiger charge is 2.27. The molecule has 0 radical (unpaired) electrons. The number of esters is 1. The Morgan fingerprint density at radius 2 is 1.94 bits per heavy atom. The number of hydrogen-bond donors (Lipinski definition) is 2. The minimum Gasteiger partial charge on any atom is -0.466 e. The van der Waals surface area contributed by atoms with Crippen LogP contribution in [0.15, 0.2) is 0 Å². The van der Waals surface area contributed by atoms with Crippen LogP contribution in [0.2, 0.25) is 0 Å². The molecule has 0 saturated carbocycles. The highest BCUT2D eigenvalue weighted by atomic mass is 16.5. The SMILES string of the molecule is CCOC(=O)CCNC(=O)[C@@H](N)C(C)(C)C. The normalized spacial score (nSPS) is 13.1. The zero-order valence-electron chi connectivity index (χ0n) is 10.5. The quantitative estimate of drug-likeness (QED) is 0.671. The van der Waals surface area contributed by atoms with Gasteiger partial charge in [0.15, 0.2) is 0 Å². The number of ether oxygens (including phenoxy) is 1. The van der Waals surface area contributed by atoms with Gasteiger partial charge in [-0.05, 0) is 12.3 Å². The van der Waals surface area contributed by atoms with Gasteiger partial charge in [-0.3, -0.25) is 9.59 Å². The number of hydrogen-bond acceptors (Lipinski definition) is 4. The van der Waals surface area contributed by atoms with Gasteiger partial charge in [-0.1, -0.05) is 20.8 Å². The fourth-order valence-electron chi connectivity index (χ4n) is 1.02. The van der Waals surface area contributed by atoms with Gasteiger partial charge in [0.1, 0.15) is 0 Å². The molecule has 0 aliphatic rings. The maximum Gasteiger partial charge on any atom is 0.307 e. The van der Waals surface area contributed by atoms with Crippen molar-refractivity contribution in [1.82, 2.24) is 5.32 Å². The predicted octanol–water partition coefficient (Wildman–Crippen LogP) is 0.429. The van der Waals surface area contributed by atoms with Gasteiger partial charge < -0.3 is 15.8 Å². The van der Waals surface area contributed by atoms with Crippen LogP contribution < -0.4 is 11.1 Å². The van der Waals surface area contributed by atoms with Crippen LogP contribution in [0.25, 0.3) is 0 Å². The maximum absolute atomic E-state index is 11.5. The lowest BCUT2D eigenvalue weighted by Crippen LogP contribution is -2.48.